The summed E-state index contributed by atoms with van der Waals surface area (Å²) in [4.78, 5) is 17.1. The van der Waals surface area contributed by atoms with Crippen LogP contribution in [-0.2, 0) is 17.2 Å². The average molecular weight is 534 g/mol. The van der Waals surface area contributed by atoms with Gasteiger partial charge in [0.2, 0.25) is 11.8 Å². The lowest BCUT2D eigenvalue weighted by Gasteiger charge is -2.24. The third-order valence-corrected chi connectivity index (χ3v) is 8.49. The molecule has 1 aliphatic heterocycles. The third kappa shape index (κ3) is 6.26. The van der Waals surface area contributed by atoms with Gasteiger partial charge in [-0.1, -0.05) is 20.8 Å². The van der Waals surface area contributed by atoms with Crippen molar-refractivity contribution in [2.75, 3.05) is 42.2 Å². The van der Waals surface area contributed by atoms with Crippen LogP contribution < -0.4 is 15.5 Å². The topological polar surface area (TPSA) is 108 Å². The van der Waals surface area contributed by atoms with Crippen LogP contribution in [0.15, 0.2) is 34.5 Å². The molecule has 0 radical (unpaired) electrons. The Morgan fingerprint density at radius 2 is 2.00 bits per heavy atom. The molecule has 2 unspecified atom stereocenters. The first-order chi connectivity index (χ1) is 17.4. The number of nitrogens with zero attached hydrogens (tertiary/aromatic N) is 4. The van der Waals surface area contributed by atoms with Gasteiger partial charge in [-0.2, -0.15) is 4.98 Å². The third-order valence-electron chi connectivity index (χ3n) is 6.22. The van der Waals surface area contributed by atoms with Crippen molar-refractivity contribution < 1.29 is 19.0 Å². The van der Waals surface area contributed by atoms with Gasteiger partial charge in [0.15, 0.2) is 5.13 Å². The van der Waals surface area contributed by atoms with Crippen molar-refractivity contribution in [3.63, 3.8) is 0 Å². The second kappa shape index (κ2) is 12.2. The Bertz CT molecular complexity index is 1190. The van der Waals surface area contributed by atoms with Gasteiger partial charge in [-0.3, -0.25) is 9.53 Å². The van der Waals surface area contributed by atoms with E-state index in [1.54, 1.807) is 12.1 Å². The van der Waals surface area contributed by atoms with Crippen LogP contribution in [0.1, 0.15) is 32.9 Å². The number of aliphatic hydroxyl groups excluding tert-OH is 1. The first kappa shape index (κ1) is 26.6. The van der Waals surface area contributed by atoms with E-state index >= 15 is 0 Å². The lowest BCUT2D eigenvalue weighted by molar-refractivity contribution is -0.625. The van der Waals surface area contributed by atoms with E-state index < -0.39 is 10.8 Å². The van der Waals surface area contributed by atoms with Crippen LogP contribution in [0.4, 0.5) is 21.3 Å². The minimum Gasteiger partial charge on any atom is -0.390 e. The largest absolute Gasteiger partial charge is 0.390 e. The molecule has 8 nitrogen and oxygen atoms in total. The molecular formula is C25H34FN6O2S2+. The van der Waals surface area contributed by atoms with Crippen LogP contribution in [-0.4, -0.2) is 62.3 Å². The summed E-state index contributed by atoms with van der Waals surface area (Å²) >= 11 is 1.51. The maximum absolute atomic E-state index is 13.2. The molecule has 3 aromatic rings. The molecule has 1 aliphatic rings. The number of aryl methyl sites for hydroxylation is 1. The summed E-state index contributed by atoms with van der Waals surface area (Å²) in [6.45, 7) is 8.37. The summed E-state index contributed by atoms with van der Waals surface area (Å²) in [5.41, 5.74) is 2.54. The lowest BCUT2D eigenvalue weighted by atomic mass is 10.1. The number of rotatable bonds is 12. The van der Waals surface area contributed by atoms with E-state index in [1.807, 2.05) is 10.7 Å². The molecule has 36 heavy (non-hydrogen) atoms. The molecular weight excluding hydrogens is 499 g/mol. The fourth-order valence-corrected chi connectivity index (χ4v) is 6.20. The van der Waals surface area contributed by atoms with Crippen LogP contribution >= 0.6 is 11.3 Å². The van der Waals surface area contributed by atoms with Gasteiger partial charge >= 0.3 is 0 Å². The standard InChI is InChI=1S/C25H33FN6O2S2/c1-4-11-32(12-10-27-25-30-21(15-35-25)17-5-7-18(26)8-6-17)24-29-19-9-13-36(34)22(19)23(31-24)28-20(14-33)16(2)3/h5-8,15-16,20,33H,4,9-14H2,1-3H3,(H,27,30)(H,28,29,31)/p+1. The van der Waals surface area contributed by atoms with E-state index in [0.717, 1.165) is 39.9 Å². The van der Waals surface area contributed by atoms with Crippen molar-refractivity contribution in [2.24, 2.45) is 5.92 Å². The molecule has 0 aliphatic carbocycles. The number of nitrogens with two attached hydrogens (primary N) is 1. The average Bonchev–Trinajstić information content (AvgIpc) is 3.49. The van der Waals surface area contributed by atoms with Gasteiger partial charge in [0.05, 0.1) is 28.8 Å². The molecule has 4 N–H and O–H groups in total. The molecule has 0 spiro atoms. The van der Waals surface area contributed by atoms with Gasteiger partial charge in [-0.05, 0) is 30.7 Å². The first-order valence-corrected chi connectivity index (χ1v) is 14.5. The second-order valence-electron chi connectivity index (χ2n) is 9.20. The molecule has 1 aromatic carbocycles. The van der Waals surface area contributed by atoms with Gasteiger partial charge in [0.1, 0.15) is 16.8 Å². The molecule has 2 atom stereocenters. The molecule has 0 saturated carbocycles. The molecule has 194 valence electrons. The fourth-order valence-electron chi connectivity index (χ4n) is 4.11. The highest BCUT2D eigenvalue weighted by atomic mass is 32.2. The molecule has 11 heteroatoms. The molecule has 0 fully saturated rings. The Morgan fingerprint density at radius 1 is 1.22 bits per heavy atom. The van der Waals surface area contributed by atoms with Crippen molar-refractivity contribution in [1.29, 1.82) is 0 Å². The summed E-state index contributed by atoms with van der Waals surface area (Å²) in [5.74, 6) is 1.87. The molecule has 0 amide bonds. The van der Waals surface area contributed by atoms with Crippen molar-refractivity contribution in [1.82, 2.24) is 15.0 Å². The summed E-state index contributed by atoms with van der Waals surface area (Å²) in [6.07, 6.45) is 1.61. The predicted octanol–water partition coefficient (Wildman–Crippen LogP) is 2.94. The molecule has 0 saturated heterocycles. The molecule has 4 rings (SSSR count). The normalized spacial score (nSPS) is 15.8. The van der Waals surface area contributed by atoms with Crippen molar-refractivity contribution in [3.05, 3.63) is 41.2 Å². The zero-order valence-electron chi connectivity index (χ0n) is 20.9. The second-order valence-corrected chi connectivity index (χ2v) is 11.6. The zero-order valence-corrected chi connectivity index (χ0v) is 22.5. The minimum absolute atomic E-state index is 0.0225. The van der Waals surface area contributed by atoms with Crippen molar-refractivity contribution in [3.8, 4) is 11.3 Å². The number of thiazole rings is 1. The van der Waals surface area contributed by atoms with Crippen LogP contribution in [0.5, 0.6) is 0 Å². The van der Waals surface area contributed by atoms with Crippen LogP contribution in [0.3, 0.4) is 0 Å². The highest BCUT2D eigenvalue weighted by molar-refractivity contribution is 7.85. The number of hydrogen-bond acceptors (Lipinski definition) is 8. The number of benzene rings is 1. The maximum atomic E-state index is 13.2. The van der Waals surface area contributed by atoms with Crippen LogP contribution in [0.2, 0.25) is 0 Å². The fraction of sp³-hybridized carbons (Fsp3) is 0.480. The van der Waals surface area contributed by atoms with Crippen molar-refractivity contribution in [2.45, 2.75) is 44.6 Å². The summed E-state index contributed by atoms with van der Waals surface area (Å²) in [7, 11) is -1.11. The van der Waals surface area contributed by atoms with E-state index in [0.29, 0.717) is 37.0 Å². The number of fused-ring (bicyclic) bond motifs is 1. The number of quaternary nitrogens is 1. The number of nitrogens with one attached hydrogen (secondary N) is 1. The highest BCUT2D eigenvalue weighted by Crippen LogP contribution is 2.28. The van der Waals surface area contributed by atoms with E-state index in [9.17, 15) is 13.7 Å². The van der Waals surface area contributed by atoms with Crippen LogP contribution in [0.25, 0.3) is 11.3 Å². The van der Waals surface area contributed by atoms with Gasteiger partial charge in [-0.15, -0.1) is 11.3 Å². The van der Waals surface area contributed by atoms with E-state index in [2.05, 4.69) is 36.0 Å². The van der Waals surface area contributed by atoms with Gasteiger partial charge in [0.25, 0.3) is 0 Å². The number of hydrogen-bond donors (Lipinski definition) is 3. The summed E-state index contributed by atoms with van der Waals surface area (Å²) < 4.78 is 25.9. The quantitative estimate of drug-likeness (QED) is 0.329. The Morgan fingerprint density at radius 3 is 2.69 bits per heavy atom. The number of anilines is 2. The number of halogens is 1. The number of aliphatic hydroxyl groups is 1. The summed E-state index contributed by atoms with van der Waals surface area (Å²) in [5, 5.41) is 18.0. The zero-order chi connectivity index (χ0) is 25.7. The SMILES string of the molecule is CCCN(CCNc1nc(-c2ccc(F)cc2)cs1)c1nc2c(c([NH2+]C(CO)C(C)C)n1)S(=O)CC2. The Hall–Kier alpha value is -2.47. The highest BCUT2D eigenvalue weighted by Gasteiger charge is 2.31. The monoisotopic (exact) mass is 533 g/mol. The van der Waals surface area contributed by atoms with E-state index in [1.165, 1.54) is 23.5 Å². The first-order valence-electron chi connectivity index (χ1n) is 12.3. The number of aromatic nitrogens is 3. The lowest BCUT2D eigenvalue weighted by Crippen LogP contribution is -2.87. The Balaban J connectivity index is 1.48. The Labute approximate surface area is 217 Å². The molecule has 0 bridgehead atoms. The molecule has 3 heterocycles. The smallest absolute Gasteiger partial charge is 0.246 e. The predicted molar refractivity (Wildman–Crippen MR) is 143 cm³/mol. The Kier molecular flexibility index (Phi) is 9.00. The van der Waals surface area contributed by atoms with E-state index in [-0.39, 0.29) is 24.4 Å². The van der Waals surface area contributed by atoms with Gasteiger partial charge < -0.3 is 15.3 Å². The summed E-state index contributed by atoms with van der Waals surface area (Å²) in [6, 6.07) is 6.27. The maximum Gasteiger partial charge on any atom is 0.246 e. The van der Waals surface area contributed by atoms with Gasteiger partial charge in [0, 0.05) is 48.7 Å². The minimum atomic E-state index is -1.11. The van der Waals surface area contributed by atoms with Crippen LogP contribution in [0, 0.1) is 11.7 Å². The molecule has 2 aromatic heterocycles. The van der Waals surface area contributed by atoms with E-state index in [4.69, 9.17) is 9.97 Å². The van der Waals surface area contributed by atoms with Gasteiger partial charge in [-0.25, -0.2) is 14.4 Å². The van der Waals surface area contributed by atoms with Crippen molar-refractivity contribution >= 4 is 39.0 Å².